The van der Waals surface area contributed by atoms with E-state index in [4.69, 9.17) is 9.47 Å². The standard InChI is InChI=1S/C13H14O5/c14-9-6-8-10(15)13(18-9)11(16)12(17-8)7-4-2-1-3-5-7/h1-5,8,10-13,15-16H,6H2/t8-,10?,11+,12-,13+/m0/s1. The first-order valence-corrected chi connectivity index (χ1v) is 5.93. The molecule has 2 bridgehead atoms. The molecule has 2 saturated heterocycles. The molecule has 0 spiro atoms. The van der Waals surface area contributed by atoms with Crippen LogP contribution >= 0.6 is 0 Å². The van der Waals surface area contributed by atoms with Gasteiger partial charge in [-0.25, -0.2) is 0 Å². The van der Waals surface area contributed by atoms with Gasteiger partial charge < -0.3 is 19.7 Å². The van der Waals surface area contributed by atoms with Crippen LogP contribution in [0.25, 0.3) is 0 Å². The first-order valence-electron chi connectivity index (χ1n) is 5.93. The van der Waals surface area contributed by atoms with Crippen LogP contribution in [0.4, 0.5) is 0 Å². The lowest BCUT2D eigenvalue weighted by Crippen LogP contribution is -2.59. The van der Waals surface area contributed by atoms with Gasteiger partial charge in [-0.05, 0) is 5.56 Å². The van der Waals surface area contributed by atoms with Gasteiger partial charge in [0.15, 0.2) is 6.10 Å². The highest BCUT2D eigenvalue weighted by atomic mass is 16.6. The predicted molar refractivity (Wildman–Crippen MR) is 60.6 cm³/mol. The third-order valence-electron chi connectivity index (χ3n) is 3.45. The minimum Gasteiger partial charge on any atom is -0.457 e. The molecule has 1 unspecified atom stereocenters. The maximum atomic E-state index is 11.3. The van der Waals surface area contributed by atoms with E-state index >= 15 is 0 Å². The Bertz CT molecular complexity index is 446. The second kappa shape index (κ2) is 4.35. The van der Waals surface area contributed by atoms with Crippen LogP contribution in [0.15, 0.2) is 30.3 Å². The number of ether oxygens (including phenoxy) is 2. The fraction of sp³-hybridized carbons (Fsp3) is 0.462. The highest BCUT2D eigenvalue weighted by Crippen LogP contribution is 2.37. The van der Waals surface area contributed by atoms with Gasteiger partial charge in [-0.1, -0.05) is 30.3 Å². The van der Waals surface area contributed by atoms with Crippen molar-refractivity contribution in [2.75, 3.05) is 0 Å². The number of hydrogen-bond acceptors (Lipinski definition) is 5. The van der Waals surface area contributed by atoms with E-state index in [-0.39, 0.29) is 6.42 Å². The summed E-state index contributed by atoms with van der Waals surface area (Å²) in [5.41, 5.74) is 0.810. The molecular weight excluding hydrogens is 236 g/mol. The molecule has 2 heterocycles. The minimum atomic E-state index is -1.05. The van der Waals surface area contributed by atoms with E-state index in [0.717, 1.165) is 5.56 Å². The summed E-state index contributed by atoms with van der Waals surface area (Å²) in [5, 5.41) is 20.0. The number of aliphatic hydroxyl groups is 2. The Kier molecular flexibility index (Phi) is 2.81. The Balaban J connectivity index is 1.89. The molecule has 2 aliphatic heterocycles. The van der Waals surface area contributed by atoms with Gasteiger partial charge in [0.2, 0.25) is 0 Å². The van der Waals surface area contributed by atoms with Crippen molar-refractivity contribution >= 4 is 5.97 Å². The third kappa shape index (κ3) is 1.80. The molecule has 0 aromatic heterocycles. The Hall–Kier alpha value is -1.43. The largest absolute Gasteiger partial charge is 0.457 e. The van der Waals surface area contributed by atoms with Crippen molar-refractivity contribution in [1.29, 1.82) is 0 Å². The van der Waals surface area contributed by atoms with Gasteiger partial charge in [0.05, 0.1) is 12.5 Å². The van der Waals surface area contributed by atoms with E-state index in [1.807, 2.05) is 30.3 Å². The van der Waals surface area contributed by atoms with Gasteiger partial charge in [-0.15, -0.1) is 0 Å². The fourth-order valence-corrected chi connectivity index (χ4v) is 2.53. The molecule has 5 atom stereocenters. The van der Waals surface area contributed by atoms with Gasteiger partial charge in [0.1, 0.15) is 18.3 Å². The summed E-state index contributed by atoms with van der Waals surface area (Å²) in [6.07, 6.45) is -4.08. The highest BCUT2D eigenvalue weighted by molar-refractivity contribution is 5.71. The lowest BCUT2D eigenvalue weighted by molar-refractivity contribution is -0.257. The van der Waals surface area contributed by atoms with Gasteiger partial charge in [-0.2, -0.15) is 0 Å². The molecule has 1 aromatic rings. The molecule has 18 heavy (non-hydrogen) atoms. The van der Waals surface area contributed by atoms with Crippen molar-refractivity contribution in [2.45, 2.75) is 36.9 Å². The van der Waals surface area contributed by atoms with Crippen molar-refractivity contribution in [3.05, 3.63) is 35.9 Å². The van der Waals surface area contributed by atoms with Gasteiger partial charge in [0, 0.05) is 0 Å². The van der Waals surface area contributed by atoms with Crippen molar-refractivity contribution in [3.63, 3.8) is 0 Å². The number of hydrogen-bond donors (Lipinski definition) is 2. The molecular formula is C13H14O5. The summed E-state index contributed by atoms with van der Waals surface area (Å²) in [5.74, 6) is -0.444. The lowest BCUT2D eigenvalue weighted by Gasteiger charge is -2.45. The number of rotatable bonds is 1. The fourth-order valence-electron chi connectivity index (χ4n) is 2.53. The van der Waals surface area contributed by atoms with Crippen LogP contribution in [0.3, 0.4) is 0 Å². The van der Waals surface area contributed by atoms with Gasteiger partial charge >= 0.3 is 5.97 Å². The Morgan fingerprint density at radius 1 is 1.11 bits per heavy atom. The van der Waals surface area contributed by atoms with Crippen molar-refractivity contribution < 1.29 is 24.5 Å². The molecule has 2 N–H and O–H groups in total. The molecule has 0 aliphatic carbocycles. The quantitative estimate of drug-likeness (QED) is 0.695. The van der Waals surface area contributed by atoms with Crippen LogP contribution in [0.2, 0.25) is 0 Å². The van der Waals surface area contributed by atoms with Crippen LogP contribution in [-0.2, 0) is 14.3 Å². The summed E-state index contributed by atoms with van der Waals surface area (Å²) >= 11 is 0. The monoisotopic (exact) mass is 250 g/mol. The Morgan fingerprint density at radius 3 is 2.56 bits per heavy atom. The number of fused-ring (bicyclic) bond motifs is 2. The van der Waals surface area contributed by atoms with Crippen molar-refractivity contribution in [3.8, 4) is 0 Å². The topological polar surface area (TPSA) is 76.0 Å². The lowest BCUT2D eigenvalue weighted by atomic mass is 9.88. The van der Waals surface area contributed by atoms with Gasteiger partial charge in [-0.3, -0.25) is 4.79 Å². The van der Waals surface area contributed by atoms with E-state index < -0.39 is 36.5 Å². The SMILES string of the molecule is O=C1C[C@@H]2O[C@@H](c3ccccc3)[C@@H](O)[C@H](O1)C2O. The van der Waals surface area contributed by atoms with Crippen molar-refractivity contribution in [2.24, 2.45) is 0 Å². The van der Waals surface area contributed by atoms with E-state index in [0.29, 0.717) is 0 Å². The Morgan fingerprint density at radius 2 is 1.83 bits per heavy atom. The summed E-state index contributed by atoms with van der Waals surface area (Å²) in [4.78, 5) is 11.3. The molecule has 0 saturated carbocycles. The first kappa shape index (κ1) is 11.6. The first-order chi connectivity index (χ1) is 8.66. The molecule has 5 nitrogen and oxygen atoms in total. The molecule has 5 heteroatoms. The predicted octanol–water partition coefficient (Wildman–Crippen LogP) is 0.164. The van der Waals surface area contributed by atoms with E-state index in [1.54, 1.807) is 0 Å². The number of aliphatic hydroxyl groups excluding tert-OH is 2. The zero-order valence-corrected chi connectivity index (χ0v) is 9.60. The molecule has 2 aliphatic rings. The summed E-state index contributed by atoms with van der Waals surface area (Å²) < 4.78 is 10.7. The number of esters is 1. The van der Waals surface area contributed by atoms with Crippen LogP contribution in [-0.4, -0.2) is 40.6 Å². The van der Waals surface area contributed by atoms with Crippen LogP contribution in [0.5, 0.6) is 0 Å². The molecule has 3 rings (SSSR count). The molecule has 2 fully saturated rings. The average molecular weight is 250 g/mol. The summed E-state index contributed by atoms with van der Waals surface area (Å²) in [6.45, 7) is 0. The number of benzene rings is 1. The Labute approximate surface area is 104 Å². The average Bonchev–Trinajstić information content (AvgIpc) is 2.37. The second-order valence-corrected chi connectivity index (χ2v) is 4.65. The van der Waals surface area contributed by atoms with Crippen molar-refractivity contribution in [1.82, 2.24) is 0 Å². The molecule has 96 valence electrons. The molecule has 0 amide bonds. The zero-order valence-electron chi connectivity index (χ0n) is 9.60. The molecule has 1 aromatic carbocycles. The third-order valence-corrected chi connectivity index (χ3v) is 3.45. The summed E-state index contributed by atoms with van der Waals surface area (Å²) in [7, 11) is 0. The van der Waals surface area contributed by atoms with Crippen LogP contribution < -0.4 is 0 Å². The number of carbonyl (C=O) groups excluding carboxylic acids is 1. The zero-order chi connectivity index (χ0) is 12.7. The normalized spacial score (nSPS) is 39.2. The maximum absolute atomic E-state index is 11.3. The highest BCUT2D eigenvalue weighted by Gasteiger charge is 2.50. The molecule has 0 radical (unpaired) electrons. The van der Waals surface area contributed by atoms with Gasteiger partial charge in [0.25, 0.3) is 0 Å². The van der Waals surface area contributed by atoms with Crippen LogP contribution in [0, 0.1) is 0 Å². The smallest absolute Gasteiger partial charge is 0.308 e. The maximum Gasteiger partial charge on any atom is 0.308 e. The summed E-state index contributed by atoms with van der Waals surface area (Å²) in [6, 6.07) is 9.23. The van der Waals surface area contributed by atoms with Crippen LogP contribution in [0.1, 0.15) is 18.1 Å². The second-order valence-electron chi connectivity index (χ2n) is 4.65. The van der Waals surface area contributed by atoms with E-state index in [9.17, 15) is 15.0 Å². The number of carbonyl (C=O) groups is 1. The van der Waals surface area contributed by atoms with E-state index in [1.165, 1.54) is 0 Å². The minimum absolute atomic E-state index is 0.0215. The van der Waals surface area contributed by atoms with E-state index in [2.05, 4.69) is 0 Å².